The highest BCUT2D eigenvalue weighted by Crippen LogP contribution is 2.14. The van der Waals surface area contributed by atoms with Crippen LogP contribution >= 0.6 is 0 Å². The Kier molecular flexibility index (Phi) is 9.59. The van der Waals surface area contributed by atoms with Gasteiger partial charge in [0, 0.05) is 13.0 Å². The third-order valence-corrected chi connectivity index (χ3v) is 2.77. The third-order valence-electron chi connectivity index (χ3n) is 2.77. The molecule has 1 unspecified atom stereocenters. The molecule has 0 radical (unpaired) electrons. The van der Waals surface area contributed by atoms with Gasteiger partial charge in [-0.05, 0) is 25.3 Å². The predicted molar refractivity (Wildman–Crippen MR) is 66.6 cm³/mol. The van der Waals surface area contributed by atoms with Crippen molar-refractivity contribution >= 4 is 5.91 Å². The number of ether oxygens (including phenoxy) is 1. The summed E-state index contributed by atoms with van der Waals surface area (Å²) in [6, 6.07) is 0. The topological polar surface area (TPSA) is 64.4 Å². The van der Waals surface area contributed by atoms with Crippen molar-refractivity contribution in [3.8, 4) is 0 Å². The highest BCUT2D eigenvalue weighted by Gasteiger charge is 2.27. The predicted octanol–water partition coefficient (Wildman–Crippen LogP) is 1.84. The second-order valence-corrected chi connectivity index (χ2v) is 4.41. The van der Waals surface area contributed by atoms with E-state index in [1.54, 1.807) is 0 Å². The fourth-order valence-corrected chi connectivity index (χ4v) is 1.66. The molecule has 1 atom stereocenters. The quantitative estimate of drug-likeness (QED) is 0.602. The minimum Gasteiger partial charge on any atom is -0.370 e. The van der Waals surface area contributed by atoms with E-state index in [0.717, 1.165) is 19.3 Å². The fourth-order valence-electron chi connectivity index (χ4n) is 1.66. The van der Waals surface area contributed by atoms with Crippen LogP contribution in [-0.4, -0.2) is 38.4 Å². The summed E-state index contributed by atoms with van der Waals surface area (Å²) in [5.74, 6) is 0.267. The van der Waals surface area contributed by atoms with Crippen LogP contribution in [0, 0.1) is 5.92 Å². The Morgan fingerprint density at radius 3 is 2.58 bits per heavy atom. The van der Waals surface area contributed by atoms with Crippen LogP contribution < -0.4 is 11.1 Å². The highest BCUT2D eigenvalue weighted by atomic mass is 19.4. The molecule has 0 spiro atoms. The van der Waals surface area contributed by atoms with Gasteiger partial charge in [0.1, 0.15) is 6.61 Å². The highest BCUT2D eigenvalue weighted by molar-refractivity contribution is 5.75. The standard InChI is InChI=1S/C12H23F3N2O2/c1-2-10(5-6-16)3-4-11(18)17-7-8-19-9-12(13,14)15/h10H,2-9,16H2,1H3,(H,17,18). The minimum absolute atomic E-state index is 0.0998. The van der Waals surface area contributed by atoms with Crippen molar-refractivity contribution in [2.24, 2.45) is 11.7 Å². The van der Waals surface area contributed by atoms with Crippen molar-refractivity contribution in [2.45, 2.75) is 38.8 Å². The number of alkyl halides is 3. The van der Waals surface area contributed by atoms with Crippen molar-refractivity contribution < 1.29 is 22.7 Å². The first kappa shape index (κ1) is 18.2. The van der Waals surface area contributed by atoms with Gasteiger partial charge in [0.15, 0.2) is 0 Å². The number of hydrogen-bond donors (Lipinski definition) is 2. The summed E-state index contributed by atoms with van der Waals surface area (Å²) in [5, 5.41) is 2.53. The lowest BCUT2D eigenvalue weighted by Gasteiger charge is -2.13. The molecule has 7 heteroatoms. The van der Waals surface area contributed by atoms with E-state index in [-0.39, 0.29) is 19.1 Å². The number of hydrogen-bond acceptors (Lipinski definition) is 3. The Balaban J connectivity index is 3.54. The maximum Gasteiger partial charge on any atom is 0.411 e. The summed E-state index contributed by atoms with van der Waals surface area (Å²) in [5.41, 5.74) is 5.45. The smallest absolute Gasteiger partial charge is 0.370 e. The van der Waals surface area contributed by atoms with Gasteiger partial charge in [0.05, 0.1) is 6.61 Å². The molecular formula is C12H23F3N2O2. The van der Waals surface area contributed by atoms with Crippen LogP contribution in [0.2, 0.25) is 0 Å². The number of carbonyl (C=O) groups excluding carboxylic acids is 1. The van der Waals surface area contributed by atoms with Gasteiger partial charge in [-0.15, -0.1) is 0 Å². The average molecular weight is 284 g/mol. The fraction of sp³-hybridized carbons (Fsp3) is 0.917. The van der Waals surface area contributed by atoms with Crippen LogP contribution in [0.25, 0.3) is 0 Å². The zero-order chi connectivity index (χ0) is 14.7. The molecule has 114 valence electrons. The zero-order valence-electron chi connectivity index (χ0n) is 11.3. The van der Waals surface area contributed by atoms with Gasteiger partial charge in [-0.3, -0.25) is 4.79 Å². The molecule has 0 aliphatic heterocycles. The van der Waals surface area contributed by atoms with E-state index in [0.29, 0.717) is 18.9 Å². The van der Waals surface area contributed by atoms with Crippen LogP contribution in [0.1, 0.15) is 32.6 Å². The largest absolute Gasteiger partial charge is 0.411 e. The van der Waals surface area contributed by atoms with Crippen molar-refractivity contribution in [2.75, 3.05) is 26.3 Å². The Morgan fingerprint density at radius 2 is 2.05 bits per heavy atom. The molecule has 0 bridgehead atoms. The first-order valence-electron chi connectivity index (χ1n) is 6.50. The lowest BCUT2D eigenvalue weighted by molar-refractivity contribution is -0.173. The summed E-state index contributed by atoms with van der Waals surface area (Å²) in [7, 11) is 0. The van der Waals surface area contributed by atoms with Crippen LogP contribution in [0.5, 0.6) is 0 Å². The summed E-state index contributed by atoms with van der Waals surface area (Å²) in [6.07, 6.45) is -1.33. The maximum absolute atomic E-state index is 11.7. The molecule has 0 aromatic rings. The summed E-state index contributed by atoms with van der Waals surface area (Å²) in [6.45, 7) is 1.33. The Bertz CT molecular complexity index is 248. The monoisotopic (exact) mass is 284 g/mol. The number of halogens is 3. The molecule has 0 fully saturated rings. The second kappa shape index (κ2) is 10.0. The number of rotatable bonds is 10. The van der Waals surface area contributed by atoms with Gasteiger partial charge in [0.2, 0.25) is 5.91 Å². The number of carbonyl (C=O) groups is 1. The normalized spacial score (nSPS) is 13.3. The molecule has 0 aliphatic carbocycles. The van der Waals surface area contributed by atoms with Gasteiger partial charge in [-0.1, -0.05) is 13.3 Å². The maximum atomic E-state index is 11.7. The molecule has 4 nitrogen and oxygen atoms in total. The molecule has 0 aromatic heterocycles. The van der Waals surface area contributed by atoms with Gasteiger partial charge in [0.25, 0.3) is 0 Å². The summed E-state index contributed by atoms with van der Waals surface area (Å²) < 4.78 is 39.6. The zero-order valence-corrected chi connectivity index (χ0v) is 11.3. The first-order chi connectivity index (χ1) is 8.89. The van der Waals surface area contributed by atoms with Gasteiger partial charge in [-0.2, -0.15) is 13.2 Å². The molecule has 19 heavy (non-hydrogen) atoms. The van der Waals surface area contributed by atoms with Crippen molar-refractivity contribution in [3.05, 3.63) is 0 Å². The van der Waals surface area contributed by atoms with E-state index in [1.165, 1.54) is 0 Å². The van der Waals surface area contributed by atoms with Crippen LogP contribution in [0.4, 0.5) is 13.2 Å². The van der Waals surface area contributed by atoms with Gasteiger partial charge >= 0.3 is 6.18 Å². The third kappa shape index (κ3) is 12.0. The van der Waals surface area contributed by atoms with E-state index in [9.17, 15) is 18.0 Å². The molecule has 1 amide bonds. The lowest BCUT2D eigenvalue weighted by atomic mass is 9.96. The molecule has 3 N–H and O–H groups in total. The van der Waals surface area contributed by atoms with E-state index in [2.05, 4.69) is 10.1 Å². The van der Waals surface area contributed by atoms with E-state index < -0.39 is 12.8 Å². The number of nitrogens with one attached hydrogen (secondary N) is 1. The molecule has 0 aromatic carbocycles. The molecule has 0 rings (SSSR count). The van der Waals surface area contributed by atoms with E-state index >= 15 is 0 Å². The Hall–Kier alpha value is -0.820. The van der Waals surface area contributed by atoms with Crippen LogP contribution in [-0.2, 0) is 9.53 Å². The Morgan fingerprint density at radius 1 is 1.37 bits per heavy atom. The van der Waals surface area contributed by atoms with Crippen molar-refractivity contribution in [3.63, 3.8) is 0 Å². The van der Waals surface area contributed by atoms with Crippen molar-refractivity contribution in [1.29, 1.82) is 0 Å². The minimum atomic E-state index is -4.32. The van der Waals surface area contributed by atoms with Crippen LogP contribution in [0.3, 0.4) is 0 Å². The first-order valence-corrected chi connectivity index (χ1v) is 6.50. The van der Waals surface area contributed by atoms with Gasteiger partial charge < -0.3 is 15.8 Å². The molecule has 0 saturated heterocycles. The Labute approximate surface area is 111 Å². The molecule has 0 saturated carbocycles. The number of nitrogens with two attached hydrogens (primary N) is 1. The number of amides is 1. The SMILES string of the molecule is CCC(CCN)CCC(=O)NCCOCC(F)(F)F. The lowest BCUT2D eigenvalue weighted by Crippen LogP contribution is -2.29. The van der Waals surface area contributed by atoms with Crippen LogP contribution in [0.15, 0.2) is 0 Å². The van der Waals surface area contributed by atoms with Gasteiger partial charge in [-0.25, -0.2) is 0 Å². The molecular weight excluding hydrogens is 261 g/mol. The molecule has 0 aliphatic rings. The van der Waals surface area contributed by atoms with Crippen molar-refractivity contribution in [1.82, 2.24) is 5.32 Å². The van der Waals surface area contributed by atoms with E-state index in [1.807, 2.05) is 6.92 Å². The molecule has 0 heterocycles. The second-order valence-electron chi connectivity index (χ2n) is 4.41. The summed E-state index contributed by atoms with van der Waals surface area (Å²) in [4.78, 5) is 11.4. The summed E-state index contributed by atoms with van der Waals surface area (Å²) >= 11 is 0. The average Bonchev–Trinajstić information content (AvgIpc) is 2.32. The van der Waals surface area contributed by atoms with E-state index in [4.69, 9.17) is 5.73 Å².